The van der Waals surface area contributed by atoms with Crippen LogP contribution in [0.2, 0.25) is 0 Å². The maximum absolute atomic E-state index is 7.92. The number of hydrogen-bond acceptors (Lipinski definition) is 3. The van der Waals surface area contributed by atoms with E-state index in [1.807, 2.05) is 19.0 Å². The average molecular weight is 184 g/mol. The fourth-order valence-electron chi connectivity index (χ4n) is 1.60. The molecule has 1 aliphatic rings. The molecule has 1 aliphatic heterocycles. The molecular formula is C9H20N4. The Bertz CT molecular complexity index is 190. The van der Waals surface area contributed by atoms with Crippen molar-refractivity contribution in [3.8, 4) is 0 Å². The molecule has 0 bridgehead atoms. The molecule has 1 N–H and O–H groups in total. The summed E-state index contributed by atoms with van der Waals surface area (Å²) in [4.78, 5) is 6.42. The minimum atomic E-state index is 0.258. The van der Waals surface area contributed by atoms with Crippen LogP contribution in [0.1, 0.15) is 0 Å². The van der Waals surface area contributed by atoms with Gasteiger partial charge < -0.3 is 9.80 Å². The van der Waals surface area contributed by atoms with Gasteiger partial charge in [-0.25, -0.2) is 0 Å². The Morgan fingerprint density at radius 3 is 2.46 bits per heavy atom. The summed E-state index contributed by atoms with van der Waals surface area (Å²) in [5.74, 6) is 0.703. The summed E-state index contributed by atoms with van der Waals surface area (Å²) in [7, 11) is 8.08. The lowest BCUT2D eigenvalue weighted by Gasteiger charge is -2.39. The van der Waals surface area contributed by atoms with Crippen LogP contribution in [0.4, 0.5) is 0 Å². The summed E-state index contributed by atoms with van der Waals surface area (Å²) >= 11 is 0. The molecule has 76 valence electrons. The Balaban J connectivity index is 2.60. The summed E-state index contributed by atoms with van der Waals surface area (Å²) < 4.78 is 0. The maximum atomic E-state index is 7.92. The molecule has 0 aromatic rings. The molecule has 0 aromatic carbocycles. The molecule has 1 unspecified atom stereocenters. The molecule has 1 rings (SSSR count). The summed E-state index contributed by atoms with van der Waals surface area (Å²) in [6, 6.07) is 0.258. The standard InChI is InChI=1S/C9H20N4/c1-11(2)9(10)8-7-12(3)5-6-13(8)4/h8,10H,5-7H2,1-4H3. The van der Waals surface area contributed by atoms with Crippen molar-refractivity contribution in [1.29, 1.82) is 5.41 Å². The number of likely N-dealkylation sites (N-methyl/N-ethyl adjacent to an activating group) is 3. The Hall–Kier alpha value is -0.610. The van der Waals surface area contributed by atoms with E-state index >= 15 is 0 Å². The van der Waals surface area contributed by atoms with Gasteiger partial charge in [0.1, 0.15) is 5.84 Å². The first-order chi connectivity index (χ1) is 6.02. The number of rotatable bonds is 1. The van der Waals surface area contributed by atoms with Crippen molar-refractivity contribution >= 4 is 5.84 Å². The van der Waals surface area contributed by atoms with Crippen LogP contribution >= 0.6 is 0 Å². The second-order valence-electron chi connectivity index (χ2n) is 4.04. The lowest BCUT2D eigenvalue weighted by Crippen LogP contribution is -2.56. The second kappa shape index (κ2) is 4.07. The number of nitrogens with one attached hydrogen (secondary N) is 1. The van der Waals surface area contributed by atoms with Crippen molar-refractivity contribution in [2.24, 2.45) is 0 Å². The van der Waals surface area contributed by atoms with Gasteiger partial charge in [-0.2, -0.15) is 0 Å². The Kier molecular flexibility index (Phi) is 3.27. The molecule has 0 spiro atoms. The van der Waals surface area contributed by atoms with Crippen LogP contribution in [0.3, 0.4) is 0 Å². The highest BCUT2D eigenvalue weighted by Crippen LogP contribution is 2.07. The lowest BCUT2D eigenvalue weighted by atomic mass is 10.1. The van der Waals surface area contributed by atoms with Gasteiger partial charge in [0.05, 0.1) is 6.04 Å². The van der Waals surface area contributed by atoms with Crippen molar-refractivity contribution < 1.29 is 0 Å². The Morgan fingerprint density at radius 2 is 1.92 bits per heavy atom. The van der Waals surface area contributed by atoms with Gasteiger partial charge in [-0.05, 0) is 14.1 Å². The van der Waals surface area contributed by atoms with E-state index in [4.69, 9.17) is 5.41 Å². The third-order valence-corrected chi connectivity index (χ3v) is 2.65. The molecule has 1 heterocycles. The summed E-state index contributed by atoms with van der Waals surface area (Å²) in [6.45, 7) is 3.12. The molecule has 0 amide bonds. The van der Waals surface area contributed by atoms with Crippen LogP contribution in [0.15, 0.2) is 0 Å². The van der Waals surface area contributed by atoms with Gasteiger partial charge in [-0.3, -0.25) is 10.3 Å². The van der Waals surface area contributed by atoms with E-state index in [0.29, 0.717) is 5.84 Å². The van der Waals surface area contributed by atoms with E-state index in [0.717, 1.165) is 19.6 Å². The van der Waals surface area contributed by atoms with Crippen LogP contribution in [0.25, 0.3) is 0 Å². The minimum absolute atomic E-state index is 0.258. The third-order valence-electron chi connectivity index (χ3n) is 2.65. The highest BCUT2D eigenvalue weighted by molar-refractivity contribution is 5.84. The van der Waals surface area contributed by atoms with Crippen molar-refractivity contribution in [1.82, 2.24) is 14.7 Å². The molecule has 0 aromatic heterocycles. The summed E-state index contributed by atoms with van der Waals surface area (Å²) in [6.07, 6.45) is 0. The van der Waals surface area contributed by atoms with Gasteiger partial charge in [-0.1, -0.05) is 0 Å². The third kappa shape index (κ3) is 2.42. The zero-order valence-corrected chi connectivity index (χ0v) is 9.04. The zero-order valence-electron chi connectivity index (χ0n) is 9.04. The van der Waals surface area contributed by atoms with Gasteiger partial charge in [0.15, 0.2) is 0 Å². The number of hydrogen-bond donors (Lipinski definition) is 1. The van der Waals surface area contributed by atoms with Crippen molar-refractivity contribution in [2.75, 3.05) is 47.8 Å². The number of nitrogens with zero attached hydrogens (tertiary/aromatic N) is 3. The molecule has 1 saturated heterocycles. The molecule has 0 radical (unpaired) electrons. The van der Waals surface area contributed by atoms with Gasteiger partial charge in [-0.15, -0.1) is 0 Å². The van der Waals surface area contributed by atoms with Gasteiger partial charge in [0.2, 0.25) is 0 Å². The Labute approximate surface area is 80.6 Å². The molecule has 0 aliphatic carbocycles. The first-order valence-corrected chi connectivity index (χ1v) is 4.67. The SMILES string of the molecule is CN1CCN(C)C(C(=N)N(C)C)C1. The maximum Gasteiger partial charge on any atom is 0.114 e. The molecule has 1 fully saturated rings. The molecule has 4 nitrogen and oxygen atoms in total. The first kappa shape index (κ1) is 10.5. The average Bonchev–Trinajstić information content (AvgIpc) is 2.08. The largest absolute Gasteiger partial charge is 0.365 e. The van der Waals surface area contributed by atoms with E-state index in [9.17, 15) is 0 Å². The van der Waals surface area contributed by atoms with Crippen molar-refractivity contribution in [3.05, 3.63) is 0 Å². The molecule has 1 atom stereocenters. The van der Waals surface area contributed by atoms with Gasteiger partial charge >= 0.3 is 0 Å². The zero-order chi connectivity index (χ0) is 10.0. The van der Waals surface area contributed by atoms with Crippen LogP contribution in [0.5, 0.6) is 0 Å². The number of amidine groups is 1. The first-order valence-electron chi connectivity index (χ1n) is 4.67. The fraction of sp³-hybridized carbons (Fsp3) is 0.889. The lowest BCUT2D eigenvalue weighted by molar-refractivity contribution is 0.144. The van der Waals surface area contributed by atoms with Gasteiger partial charge in [0.25, 0.3) is 0 Å². The molecule has 13 heavy (non-hydrogen) atoms. The summed E-state index contributed by atoms with van der Waals surface area (Å²) in [5, 5.41) is 7.92. The minimum Gasteiger partial charge on any atom is -0.365 e. The van der Waals surface area contributed by atoms with Crippen LogP contribution in [0, 0.1) is 5.41 Å². The Morgan fingerprint density at radius 1 is 1.31 bits per heavy atom. The van der Waals surface area contributed by atoms with E-state index in [1.165, 1.54) is 0 Å². The monoisotopic (exact) mass is 184 g/mol. The fourth-order valence-corrected chi connectivity index (χ4v) is 1.60. The highest BCUT2D eigenvalue weighted by Gasteiger charge is 2.26. The van der Waals surface area contributed by atoms with Crippen molar-refractivity contribution in [3.63, 3.8) is 0 Å². The van der Waals surface area contributed by atoms with E-state index in [1.54, 1.807) is 0 Å². The summed E-state index contributed by atoms with van der Waals surface area (Å²) in [5.41, 5.74) is 0. The predicted molar refractivity (Wildman–Crippen MR) is 55.3 cm³/mol. The topological polar surface area (TPSA) is 33.6 Å². The quantitative estimate of drug-likeness (QED) is 0.451. The number of piperazine rings is 1. The molecule has 0 saturated carbocycles. The van der Waals surface area contributed by atoms with Crippen LogP contribution in [-0.4, -0.2) is 74.4 Å². The molecular weight excluding hydrogens is 164 g/mol. The smallest absolute Gasteiger partial charge is 0.114 e. The van der Waals surface area contributed by atoms with Crippen molar-refractivity contribution in [2.45, 2.75) is 6.04 Å². The van der Waals surface area contributed by atoms with E-state index in [2.05, 4.69) is 23.9 Å². The second-order valence-corrected chi connectivity index (χ2v) is 4.04. The predicted octanol–water partition coefficient (Wildman–Crippen LogP) is -0.229. The van der Waals surface area contributed by atoms with Gasteiger partial charge in [0, 0.05) is 33.7 Å². The highest BCUT2D eigenvalue weighted by atomic mass is 15.3. The van der Waals surface area contributed by atoms with E-state index in [-0.39, 0.29) is 6.04 Å². The van der Waals surface area contributed by atoms with Crippen LogP contribution < -0.4 is 0 Å². The normalized spacial score (nSPS) is 26.0. The van der Waals surface area contributed by atoms with E-state index < -0.39 is 0 Å². The molecule has 4 heteroatoms. The van der Waals surface area contributed by atoms with Crippen LogP contribution in [-0.2, 0) is 0 Å².